The van der Waals surface area contributed by atoms with Gasteiger partial charge in [0.2, 0.25) is 0 Å². The lowest BCUT2D eigenvalue weighted by atomic mass is 10.2. The number of hydrogen-bond acceptors (Lipinski definition) is 3. The first-order valence-corrected chi connectivity index (χ1v) is 5.08. The Balaban J connectivity index is 1.76. The fourth-order valence-corrected chi connectivity index (χ4v) is 1.47. The van der Waals surface area contributed by atoms with Crippen LogP contribution in [0.4, 0.5) is 0 Å². The molecule has 2 aromatic heterocycles. The molecule has 2 aromatic rings. The summed E-state index contributed by atoms with van der Waals surface area (Å²) in [7, 11) is 0. The van der Waals surface area contributed by atoms with Crippen LogP contribution in [0.5, 0.6) is 0 Å². The zero-order valence-electron chi connectivity index (χ0n) is 8.73. The van der Waals surface area contributed by atoms with Crippen LogP contribution in [0, 0.1) is 0 Å². The predicted octanol–water partition coefficient (Wildman–Crippen LogP) is 1.72. The lowest BCUT2D eigenvalue weighted by molar-refractivity contribution is 0.456. The third-order valence-electron chi connectivity index (χ3n) is 2.30. The Labute approximate surface area is 88.7 Å². The molecule has 4 heteroatoms. The molecule has 4 nitrogen and oxygen atoms in total. The molecule has 1 atom stereocenters. The summed E-state index contributed by atoms with van der Waals surface area (Å²) in [6, 6.07) is 4.31. The van der Waals surface area contributed by atoms with Gasteiger partial charge in [0.05, 0.1) is 12.5 Å². The highest BCUT2D eigenvalue weighted by Gasteiger charge is 2.05. The fraction of sp³-hybridized carbons (Fsp3) is 0.364. The molecule has 0 aromatic carbocycles. The molecule has 0 spiro atoms. The minimum absolute atomic E-state index is 0.394. The summed E-state index contributed by atoms with van der Waals surface area (Å²) >= 11 is 0. The molecule has 80 valence electrons. The van der Waals surface area contributed by atoms with Gasteiger partial charge in [-0.25, -0.2) is 0 Å². The minimum atomic E-state index is 0.394. The second-order valence-electron chi connectivity index (χ2n) is 3.67. The molecule has 0 saturated heterocycles. The van der Waals surface area contributed by atoms with Gasteiger partial charge in [0.1, 0.15) is 5.76 Å². The first-order chi connectivity index (χ1) is 7.34. The lowest BCUT2D eigenvalue weighted by Gasteiger charge is -2.10. The summed E-state index contributed by atoms with van der Waals surface area (Å²) < 4.78 is 5.28. The van der Waals surface area contributed by atoms with Crippen molar-refractivity contribution >= 4 is 0 Å². The van der Waals surface area contributed by atoms with Gasteiger partial charge in [0.15, 0.2) is 0 Å². The standard InChI is InChI=1S/C11H15N3O/c1-9(5-11-3-2-4-15-11)12-6-10-7-13-14-8-10/h2-4,7-9,12H,5-6H2,1H3,(H,13,14). The molecule has 0 amide bonds. The zero-order valence-corrected chi connectivity index (χ0v) is 8.73. The lowest BCUT2D eigenvalue weighted by Crippen LogP contribution is -2.27. The van der Waals surface area contributed by atoms with Gasteiger partial charge in [-0.3, -0.25) is 5.10 Å². The molecular formula is C11H15N3O. The quantitative estimate of drug-likeness (QED) is 0.781. The van der Waals surface area contributed by atoms with Crippen LogP contribution >= 0.6 is 0 Å². The number of hydrogen-bond donors (Lipinski definition) is 2. The largest absolute Gasteiger partial charge is 0.469 e. The minimum Gasteiger partial charge on any atom is -0.469 e. The topological polar surface area (TPSA) is 53.9 Å². The average molecular weight is 205 g/mol. The SMILES string of the molecule is CC(Cc1ccco1)NCc1cn[nH]c1. The molecule has 0 radical (unpaired) electrons. The third-order valence-corrected chi connectivity index (χ3v) is 2.30. The normalized spacial score (nSPS) is 12.9. The predicted molar refractivity (Wildman–Crippen MR) is 57.3 cm³/mol. The van der Waals surface area contributed by atoms with Crippen LogP contribution in [0.25, 0.3) is 0 Å². The third kappa shape index (κ3) is 2.95. The highest BCUT2D eigenvalue weighted by molar-refractivity contribution is 5.03. The molecule has 2 rings (SSSR count). The number of rotatable bonds is 5. The Morgan fingerprint density at radius 2 is 2.53 bits per heavy atom. The molecule has 1 unspecified atom stereocenters. The molecular weight excluding hydrogens is 190 g/mol. The van der Waals surface area contributed by atoms with Gasteiger partial charge in [-0.05, 0) is 19.1 Å². The highest BCUT2D eigenvalue weighted by Crippen LogP contribution is 2.04. The highest BCUT2D eigenvalue weighted by atomic mass is 16.3. The van der Waals surface area contributed by atoms with Crippen LogP contribution in [0.3, 0.4) is 0 Å². The summed E-state index contributed by atoms with van der Waals surface area (Å²) in [6.45, 7) is 2.97. The second kappa shape index (κ2) is 4.79. The van der Waals surface area contributed by atoms with E-state index in [0.717, 1.165) is 18.7 Å². The Morgan fingerprint density at radius 1 is 1.60 bits per heavy atom. The van der Waals surface area contributed by atoms with E-state index in [1.54, 1.807) is 6.26 Å². The van der Waals surface area contributed by atoms with Crippen LogP contribution in [-0.4, -0.2) is 16.2 Å². The van der Waals surface area contributed by atoms with E-state index in [-0.39, 0.29) is 0 Å². The van der Waals surface area contributed by atoms with Crippen molar-refractivity contribution in [2.75, 3.05) is 0 Å². The maximum Gasteiger partial charge on any atom is 0.105 e. The van der Waals surface area contributed by atoms with E-state index >= 15 is 0 Å². The molecule has 0 aliphatic carbocycles. The number of aromatic nitrogens is 2. The summed E-state index contributed by atoms with van der Waals surface area (Å²) in [5.74, 6) is 1.02. The van der Waals surface area contributed by atoms with Gasteiger partial charge in [-0.15, -0.1) is 0 Å². The van der Waals surface area contributed by atoms with Crippen molar-refractivity contribution in [1.29, 1.82) is 0 Å². The van der Waals surface area contributed by atoms with Crippen molar-refractivity contribution in [3.8, 4) is 0 Å². The van der Waals surface area contributed by atoms with E-state index in [1.807, 2.05) is 24.5 Å². The van der Waals surface area contributed by atoms with E-state index in [2.05, 4.69) is 22.4 Å². The Bertz CT molecular complexity index is 366. The molecule has 0 fully saturated rings. The Hall–Kier alpha value is -1.55. The van der Waals surface area contributed by atoms with Gasteiger partial charge >= 0.3 is 0 Å². The van der Waals surface area contributed by atoms with Gasteiger partial charge in [0.25, 0.3) is 0 Å². The van der Waals surface area contributed by atoms with E-state index < -0.39 is 0 Å². The number of aromatic amines is 1. The second-order valence-corrected chi connectivity index (χ2v) is 3.67. The van der Waals surface area contributed by atoms with Crippen LogP contribution in [0.15, 0.2) is 35.2 Å². The van der Waals surface area contributed by atoms with E-state index in [1.165, 1.54) is 5.56 Å². The molecule has 0 aliphatic rings. The van der Waals surface area contributed by atoms with Crippen LogP contribution in [0.2, 0.25) is 0 Å². The molecule has 0 saturated carbocycles. The molecule has 15 heavy (non-hydrogen) atoms. The number of H-pyrrole nitrogens is 1. The number of nitrogens with one attached hydrogen (secondary N) is 2. The summed E-state index contributed by atoms with van der Waals surface area (Å²) in [6.07, 6.45) is 6.34. The van der Waals surface area contributed by atoms with Crippen molar-refractivity contribution in [3.63, 3.8) is 0 Å². The summed E-state index contributed by atoms with van der Waals surface area (Å²) in [5, 5.41) is 10.1. The molecule has 0 aliphatic heterocycles. The molecule has 2 N–H and O–H groups in total. The first kappa shape index (κ1) is 9.98. The van der Waals surface area contributed by atoms with Gasteiger partial charge in [-0.1, -0.05) is 0 Å². The van der Waals surface area contributed by atoms with Crippen LogP contribution in [-0.2, 0) is 13.0 Å². The average Bonchev–Trinajstić information content (AvgIpc) is 2.86. The summed E-state index contributed by atoms with van der Waals surface area (Å²) in [5.41, 5.74) is 1.17. The van der Waals surface area contributed by atoms with Crippen molar-refractivity contribution in [3.05, 3.63) is 42.1 Å². The van der Waals surface area contributed by atoms with Gasteiger partial charge in [-0.2, -0.15) is 5.10 Å². The number of nitrogens with zero attached hydrogens (tertiary/aromatic N) is 1. The molecule has 2 heterocycles. The van der Waals surface area contributed by atoms with Gasteiger partial charge < -0.3 is 9.73 Å². The van der Waals surface area contributed by atoms with Crippen molar-refractivity contribution in [2.45, 2.75) is 25.9 Å². The van der Waals surface area contributed by atoms with Gasteiger partial charge in [0, 0.05) is 30.8 Å². The van der Waals surface area contributed by atoms with E-state index in [9.17, 15) is 0 Å². The van der Waals surface area contributed by atoms with Crippen molar-refractivity contribution < 1.29 is 4.42 Å². The smallest absolute Gasteiger partial charge is 0.105 e. The van der Waals surface area contributed by atoms with Crippen molar-refractivity contribution in [1.82, 2.24) is 15.5 Å². The fourth-order valence-electron chi connectivity index (χ4n) is 1.47. The zero-order chi connectivity index (χ0) is 10.5. The Morgan fingerprint density at radius 3 is 3.20 bits per heavy atom. The monoisotopic (exact) mass is 205 g/mol. The van der Waals surface area contributed by atoms with E-state index in [0.29, 0.717) is 6.04 Å². The molecule has 0 bridgehead atoms. The van der Waals surface area contributed by atoms with E-state index in [4.69, 9.17) is 4.42 Å². The summed E-state index contributed by atoms with van der Waals surface area (Å²) in [4.78, 5) is 0. The maximum absolute atomic E-state index is 5.28. The van der Waals surface area contributed by atoms with Crippen LogP contribution < -0.4 is 5.32 Å². The first-order valence-electron chi connectivity index (χ1n) is 5.08. The van der Waals surface area contributed by atoms with Crippen molar-refractivity contribution in [2.24, 2.45) is 0 Å². The Kier molecular flexibility index (Phi) is 3.19. The number of furan rings is 1. The van der Waals surface area contributed by atoms with Crippen LogP contribution in [0.1, 0.15) is 18.2 Å². The maximum atomic E-state index is 5.28.